The van der Waals surface area contributed by atoms with Crippen LogP contribution in [0.2, 0.25) is 0 Å². The number of aromatic nitrogens is 1. The van der Waals surface area contributed by atoms with Gasteiger partial charge in [-0.3, -0.25) is 9.69 Å². The summed E-state index contributed by atoms with van der Waals surface area (Å²) in [7, 11) is 2.00. The van der Waals surface area contributed by atoms with E-state index in [4.69, 9.17) is 0 Å². The van der Waals surface area contributed by atoms with Crippen LogP contribution >= 0.6 is 0 Å². The van der Waals surface area contributed by atoms with Crippen molar-refractivity contribution < 1.29 is 4.79 Å². The lowest BCUT2D eigenvalue weighted by Crippen LogP contribution is -2.33. The maximum Gasteiger partial charge on any atom is 0.192 e. The van der Waals surface area contributed by atoms with Crippen molar-refractivity contribution in [2.24, 2.45) is 0 Å². The third kappa shape index (κ3) is 3.51. The lowest BCUT2D eigenvalue weighted by atomic mass is 10.1. The van der Waals surface area contributed by atoms with E-state index in [0.717, 1.165) is 12.8 Å². The van der Waals surface area contributed by atoms with Crippen LogP contribution in [0, 0.1) is 0 Å². The van der Waals surface area contributed by atoms with E-state index in [1.54, 1.807) is 6.20 Å². The van der Waals surface area contributed by atoms with Crippen LogP contribution in [-0.4, -0.2) is 35.3 Å². The minimum Gasteiger partial charge on any atom is -0.359 e. The van der Waals surface area contributed by atoms with Gasteiger partial charge in [-0.25, -0.2) is 0 Å². The highest BCUT2D eigenvalue weighted by atomic mass is 16.1. The molecule has 15 heavy (non-hydrogen) atoms. The first kappa shape index (κ1) is 12.0. The van der Waals surface area contributed by atoms with E-state index in [9.17, 15) is 4.79 Å². The van der Waals surface area contributed by atoms with Crippen LogP contribution in [-0.2, 0) is 0 Å². The van der Waals surface area contributed by atoms with Crippen LogP contribution in [0.1, 0.15) is 37.2 Å². The number of nitrogens with zero attached hydrogens (tertiary/aromatic N) is 1. The first-order chi connectivity index (χ1) is 7.15. The maximum absolute atomic E-state index is 11.8. The summed E-state index contributed by atoms with van der Waals surface area (Å²) in [6.07, 6.45) is 4.07. The van der Waals surface area contributed by atoms with E-state index in [1.165, 1.54) is 0 Å². The number of aromatic amines is 1. The maximum atomic E-state index is 11.8. The van der Waals surface area contributed by atoms with Crippen molar-refractivity contribution in [2.75, 3.05) is 13.6 Å². The summed E-state index contributed by atoms with van der Waals surface area (Å²) in [6, 6.07) is 4.14. The summed E-state index contributed by atoms with van der Waals surface area (Å²) in [5, 5.41) is 0. The van der Waals surface area contributed by atoms with E-state index in [2.05, 4.69) is 23.7 Å². The summed E-state index contributed by atoms with van der Waals surface area (Å²) in [5.74, 6) is 0.158. The number of H-pyrrole nitrogens is 1. The molecule has 0 saturated heterocycles. The Labute approximate surface area is 91.5 Å². The SMILES string of the molecule is CCCC(C)N(C)CC(=O)c1ccc[nH]1. The Morgan fingerprint density at radius 2 is 2.33 bits per heavy atom. The van der Waals surface area contributed by atoms with Gasteiger partial charge in [0.15, 0.2) is 5.78 Å². The molecule has 1 aromatic heterocycles. The number of rotatable bonds is 6. The first-order valence-electron chi connectivity index (χ1n) is 5.52. The topological polar surface area (TPSA) is 36.1 Å². The van der Waals surface area contributed by atoms with Crippen molar-refractivity contribution >= 4 is 5.78 Å². The monoisotopic (exact) mass is 208 g/mol. The molecule has 1 atom stereocenters. The van der Waals surface area contributed by atoms with Crippen LogP contribution in [0.4, 0.5) is 0 Å². The number of ketones is 1. The number of likely N-dealkylation sites (N-methyl/N-ethyl adjacent to an activating group) is 1. The summed E-state index contributed by atoms with van der Waals surface area (Å²) >= 11 is 0. The first-order valence-corrected chi connectivity index (χ1v) is 5.52. The van der Waals surface area contributed by atoms with Crippen LogP contribution in [0.5, 0.6) is 0 Å². The minimum atomic E-state index is 0.158. The van der Waals surface area contributed by atoms with Crippen LogP contribution < -0.4 is 0 Å². The zero-order valence-electron chi connectivity index (χ0n) is 9.79. The molecular weight excluding hydrogens is 188 g/mol. The average Bonchev–Trinajstić information content (AvgIpc) is 2.70. The van der Waals surface area contributed by atoms with Crippen LogP contribution in [0.25, 0.3) is 0 Å². The average molecular weight is 208 g/mol. The van der Waals surface area contributed by atoms with Gasteiger partial charge >= 0.3 is 0 Å². The van der Waals surface area contributed by atoms with Crippen molar-refractivity contribution in [1.82, 2.24) is 9.88 Å². The number of hydrogen-bond donors (Lipinski definition) is 1. The Balaban J connectivity index is 2.44. The summed E-state index contributed by atoms with van der Waals surface area (Å²) in [6.45, 7) is 4.81. The fourth-order valence-electron chi connectivity index (χ4n) is 1.61. The predicted octanol–water partition coefficient (Wildman–Crippen LogP) is 2.32. The quantitative estimate of drug-likeness (QED) is 0.728. The molecule has 1 rings (SSSR count). The Kier molecular flexibility index (Phi) is 4.56. The third-order valence-corrected chi connectivity index (χ3v) is 2.75. The van der Waals surface area contributed by atoms with Gasteiger partial charge in [-0.05, 0) is 32.5 Å². The molecule has 1 N–H and O–H groups in total. The Morgan fingerprint density at radius 3 is 2.87 bits per heavy atom. The predicted molar refractivity (Wildman–Crippen MR) is 62.1 cm³/mol. The molecule has 84 valence electrons. The highest BCUT2D eigenvalue weighted by molar-refractivity contribution is 5.95. The molecule has 3 nitrogen and oxygen atoms in total. The van der Waals surface area contributed by atoms with Gasteiger partial charge < -0.3 is 4.98 Å². The van der Waals surface area contributed by atoms with Gasteiger partial charge in [0.05, 0.1) is 12.2 Å². The molecule has 0 fully saturated rings. The van der Waals surface area contributed by atoms with Crippen LogP contribution in [0.15, 0.2) is 18.3 Å². The normalized spacial score (nSPS) is 13.1. The van der Waals surface area contributed by atoms with Crippen LogP contribution in [0.3, 0.4) is 0 Å². The second-order valence-electron chi connectivity index (χ2n) is 4.06. The zero-order valence-corrected chi connectivity index (χ0v) is 9.79. The molecule has 0 saturated carbocycles. The van der Waals surface area contributed by atoms with Gasteiger partial charge in [0, 0.05) is 12.2 Å². The summed E-state index contributed by atoms with van der Waals surface area (Å²) < 4.78 is 0. The van der Waals surface area contributed by atoms with E-state index in [0.29, 0.717) is 18.3 Å². The molecule has 0 aromatic carbocycles. The molecular formula is C12H20N2O. The fraction of sp³-hybridized carbons (Fsp3) is 0.583. The van der Waals surface area contributed by atoms with E-state index < -0.39 is 0 Å². The largest absolute Gasteiger partial charge is 0.359 e. The molecule has 0 bridgehead atoms. The van der Waals surface area contributed by atoms with Gasteiger partial charge in [-0.2, -0.15) is 0 Å². The molecule has 1 heterocycles. The van der Waals surface area contributed by atoms with E-state index in [1.807, 2.05) is 19.2 Å². The van der Waals surface area contributed by atoms with E-state index in [-0.39, 0.29) is 5.78 Å². The molecule has 0 amide bonds. The van der Waals surface area contributed by atoms with Gasteiger partial charge in [-0.15, -0.1) is 0 Å². The smallest absolute Gasteiger partial charge is 0.192 e. The van der Waals surface area contributed by atoms with Crippen molar-refractivity contribution in [3.05, 3.63) is 24.0 Å². The lowest BCUT2D eigenvalue weighted by molar-refractivity contribution is 0.0917. The third-order valence-electron chi connectivity index (χ3n) is 2.75. The Hall–Kier alpha value is -1.09. The molecule has 1 aromatic rings. The van der Waals surface area contributed by atoms with Gasteiger partial charge in [0.1, 0.15) is 0 Å². The molecule has 0 spiro atoms. The minimum absolute atomic E-state index is 0.158. The number of carbonyl (C=O) groups is 1. The second kappa shape index (κ2) is 5.71. The zero-order chi connectivity index (χ0) is 11.3. The number of hydrogen-bond acceptors (Lipinski definition) is 2. The van der Waals surface area contributed by atoms with Gasteiger partial charge in [-0.1, -0.05) is 13.3 Å². The highest BCUT2D eigenvalue weighted by Crippen LogP contribution is 2.05. The number of nitrogens with one attached hydrogen (secondary N) is 1. The molecule has 0 aliphatic rings. The summed E-state index contributed by atoms with van der Waals surface area (Å²) in [5.41, 5.74) is 0.700. The van der Waals surface area contributed by atoms with Crippen molar-refractivity contribution in [2.45, 2.75) is 32.7 Å². The molecule has 0 radical (unpaired) electrons. The molecule has 0 aliphatic carbocycles. The van der Waals surface area contributed by atoms with Gasteiger partial charge in [0.25, 0.3) is 0 Å². The molecule has 0 aliphatic heterocycles. The fourth-order valence-corrected chi connectivity index (χ4v) is 1.61. The molecule has 3 heteroatoms. The summed E-state index contributed by atoms with van der Waals surface area (Å²) in [4.78, 5) is 16.8. The van der Waals surface area contributed by atoms with E-state index >= 15 is 0 Å². The van der Waals surface area contributed by atoms with Crippen molar-refractivity contribution in [3.63, 3.8) is 0 Å². The van der Waals surface area contributed by atoms with Gasteiger partial charge in [0.2, 0.25) is 0 Å². The number of carbonyl (C=O) groups excluding carboxylic acids is 1. The Morgan fingerprint density at radius 1 is 1.60 bits per heavy atom. The number of Topliss-reactive ketones (excluding diaryl/α,β-unsaturated/α-hetero) is 1. The van der Waals surface area contributed by atoms with Crippen molar-refractivity contribution in [1.29, 1.82) is 0 Å². The standard InChI is InChI=1S/C12H20N2O/c1-4-6-10(2)14(3)9-12(15)11-7-5-8-13-11/h5,7-8,10,13H,4,6,9H2,1-3H3. The lowest BCUT2D eigenvalue weighted by Gasteiger charge is -2.23. The van der Waals surface area contributed by atoms with Crippen molar-refractivity contribution in [3.8, 4) is 0 Å². The molecule has 1 unspecified atom stereocenters. The Bertz CT molecular complexity index is 293. The highest BCUT2D eigenvalue weighted by Gasteiger charge is 2.13. The second-order valence-corrected chi connectivity index (χ2v) is 4.06.